The average molecular weight is 614 g/mol. The van der Waals surface area contributed by atoms with Crippen LogP contribution < -0.4 is 0 Å². The van der Waals surface area contributed by atoms with Gasteiger partial charge in [0.25, 0.3) is 0 Å². The number of hydrogen-bond acceptors (Lipinski definition) is 6. The van der Waals surface area contributed by atoms with Gasteiger partial charge in [-0.1, -0.05) is 48.9 Å². The summed E-state index contributed by atoms with van der Waals surface area (Å²) >= 11 is 5.37. The van der Waals surface area contributed by atoms with E-state index in [1.807, 2.05) is 4.90 Å². The molecular weight excluding hydrogens is 568 g/mol. The molecule has 3 unspecified atom stereocenters. The molecule has 1 spiro atoms. The van der Waals surface area contributed by atoms with Crippen molar-refractivity contribution in [3.8, 4) is 0 Å². The van der Waals surface area contributed by atoms with E-state index in [2.05, 4.69) is 63.7 Å². The molecule has 0 aliphatic carbocycles. The van der Waals surface area contributed by atoms with Crippen molar-refractivity contribution in [2.24, 2.45) is 17.3 Å². The molecule has 1 N–H and O–H groups in total. The second-order valence-electron chi connectivity index (χ2n) is 12.8. The quantitative estimate of drug-likeness (QED) is 0.150. The number of aliphatic hydroxyl groups excluding tert-OH is 1. The first kappa shape index (κ1) is 31.2. The fourth-order valence-electron chi connectivity index (χ4n) is 6.98. The van der Waals surface area contributed by atoms with Gasteiger partial charge in [-0.25, -0.2) is 0 Å². The number of fused-ring (bicyclic) bond motifs is 1. The van der Waals surface area contributed by atoms with Crippen LogP contribution in [0.15, 0.2) is 25.3 Å². The number of aliphatic hydroxyl groups is 1. The Bertz CT molecular complexity index is 950. The van der Waals surface area contributed by atoms with E-state index in [1.54, 1.807) is 35.7 Å². The van der Waals surface area contributed by atoms with Gasteiger partial charge in [0.05, 0.1) is 35.8 Å². The van der Waals surface area contributed by atoms with Crippen LogP contribution in [0, 0.1) is 17.3 Å². The van der Waals surface area contributed by atoms with E-state index >= 15 is 0 Å². The van der Waals surface area contributed by atoms with Crippen LogP contribution >= 0.6 is 27.7 Å². The topological polar surface area (TPSA) is 87.1 Å². The summed E-state index contributed by atoms with van der Waals surface area (Å²) in [6.07, 6.45) is 6.27. The number of nitrogens with zero attached hydrogens (tertiary/aromatic N) is 2. The lowest BCUT2D eigenvalue weighted by molar-refractivity contribution is -0.154. The molecule has 3 heterocycles. The smallest absolute Gasteiger partial charge is 0.310 e. The predicted molar refractivity (Wildman–Crippen MR) is 156 cm³/mol. The van der Waals surface area contributed by atoms with Crippen LogP contribution in [0.5, 0.6) is 0 Å². The Labute approximate surface area is 240 Å². The molecule has 3 aliphatic heterocycles. The summed E-state index contributed by atoms with van der Waals surface area (Å²) < 4.78 is 4.87. The lowest BCUT2D eigenvalue weighted by Crippen LogP contribution is -2.61. The van der Waals surface area contributed by atoms with Crippen LogP contribution in [0.1, 0.15) is 67.2 Å². The molecule has 0 aromatic rings. The number of likely N-dealkylation sites (tertiary alicyclic amines) is 1. The summed E-state index contributed by atoms with van der Waals surface area (Å²) in [6, 6.07) is -1.36. The number of alkyl halides is 1. The number of esters is 1. The van der Waals surface area contributed by atoms with Crippen molar-refractivity contribution in [3.63, 3.8) is 0 Å². The second-order valence-corrected chi connectivity index (χ2v) is 15.5. The summed E-state index contributed by atoms with van der Waals surface area (Å²) in [7, 11) is 0. The number of carbonyl (C=O) groups excluding carboxylic acids is 3. The normalized spacial score (nSPS) is 31.2. The highest BCUT2D eigenvalue weighted by Crippen LogP contribution is 2.68. The van der Waals surface area contributed by atoms with Crippen LogP contribution in [0.25, 0.3) is 0 Å². The second kappa shape index (κ2) is 11.7. The summed E-state index contributed by atoms with van der Waals surface area (Å²) in [5.74, 6) is -2.08. The fraction of sp³-hybridized carbons (Fsp3) is 0.759. The van der Waals surface area contributed by atoms with Gasteiger partial charge in [0, 0.05) is 22.2 Å². The lowest BCUT2D eigenvalue weighted by atomic mass is 9.70. The van der Waals surface area contributed by atoms with E-state index in [4.69, 9.17) is 4.74 Å². The fourth-order valence-corrected chi connectivity index (χ4v) is 10.6. The van der Waals surface area contributed by atoms with Crippen molar-refractivity contribution in [3.05, 3.63) is 25.3 Å². The van der Waals surface area contributed by atoms with Crippen molar-refractivity contribution in [1.82, 2.24) is 9.80 Å². The first-order valence-corrected chi connectivity index (χ1v) is 15.4. The van der Waals surface area contributed by atoms with E-state index in [-0.39, 0.29) is 46.5 Å². The minimum atomic E-state index is -0.796. The third kappa shape index (κ3) is 5.62. The number of unbranched alkanes of at least 4 members (excludes halogenated alkanes) is 1. The maximum Gasteiger partial charge on any atom is 0.310 e. The number of allylic oxidation sites excluding steroid dienone is 1. The summed E-state index contributed by atoms with van der Waals surface area (Å²) in [5, 5.41) is 9.98. The highest BCUT2D eigenvalue weighted by atomic mass is 79.9. The molecule has 214 valence electrons. The minimum Gasteiger partial charge on any atom is -0.465 e. The standard InChI is InChI=1S/C29H45BrN2O5S/c1-9-11-12-14-37-26(36)20-21-24(34)32(18(3)16-33)23(29(21)15-19(30)22(20)38-29)25(35)31(13-10-2)28(7,8)17-27(4,5)6/h9-10,18-23,33H,1-2,11-17H2,3-8H3/t18-,19?,20+,21+,22+,23?,29?/m1/s1. The molecule has 2 bridgehead atoms. The van der Waals surface area contributed by atoms with Crippen LogP contribution in [-0.4, -0.2) is 84.9 Å². The molecule has 3 aliphatic rings. The van der Waals surface area contributed by atoms with E-state index in [0.717, 1.165) is 12.8 Å². The molecule has 0 radical (unpaired) electrons. The van der Waals surface area contributed by atoms with Gasteiger partial charge >= 0.3 is 5.97 Å². The highest BCUT2D eigenvalue weighted by molar-refractivity contribution is 9.09. The zero-order valence-corrected chi connectivity index (χ0v) is 26.1. The summed E-state index contributed by atoms with van der Waals surface area (Å²) in [5.41, 5.74) is -0.538. The first-order chi connectivity index (χ1) is 17.7. The Morgan fingerprint density at radius 2 is 1.95 bits per heavy atom. The van der Waals surface area contributed by atoms with Gasteiger partial charge in [-0.3, -0.25) is 14.4 Å². The number of thioether (sulfide) groups is 1. The van der Waals surface area contributed by atoms with E-state index < -0.39 is 34.2 Å². The Balaban J connectivity index is 2.05. The van der Waals surface area contributed by atoms with Crippen molar-refractivity contribution in [2.45, 2.75) is 99.7 Å². The molecule has 3 fully saturated rings. The Morgan fingerprint density at radius 1 is 1.29 bits per heavy atom. The highest BCUT2D eigenvalue weighted by Gasteiger charge is 2.76. The predicted octanol–water partition coefficient (Wildman–Crippen LogP) is 4.57. The minimum absolute atomic E-state index is 0.0302. The molecule has 2 amide bonds. The molecule has 0 aromatic heterocycles. The molecule has 38 heavy (non-hydrogen) atoms. The Hall–Kier alpha value is -1.32. The third-order valence-electron chi connectivity index (χ3n) is 8.04. The van der Waals surface area contributed by atoms with E-state index in [0.29, 0.717) is 19.4 Å². The molecule has 0 saturated carbocycles. The number of ether oxygens (including phenoxy) is 1. The number of rotatable bonds is 12. The van der Waals surface area contributed by atoms with Gasteiger partial charge in [-0.15, -0.1) is 24.9 Å². The molecule has 0 aromatic carbocycles. The van der Waals surface area contributed by atoms with E-state index in [1.165, 1.54) is 0 Å². The average Bonchev–Trinajstić information content (AvgIpc) is 3.41. The van der Waals surface area contributed by atoms with Crippen molar-refractivity contribution >= 4 is 45.5 Å². The lowest BCUT2D eigenvalue weighted by Gasteiger charge is -2.46. The van der Waals surface area contributed by atoms with Crippen LogP contribution in [0.2, 0.25) is 0 Å². The Morgan fingerprint density at radius 3 is 2.50 bits per heavy atom. The molecular formula is C29H45BrN2O5S. The van der Waals surface area contributed by atoms with Crippen LogP contribution in [-0.2, 0) is 19.1 Å². The monoisotopic (exact) mass is 612 g/mol. The molecule has 3 rings (SSSR count). The molecule has 3 saturated heterocycles. The summed E-state index contributed by atoms with van der Waals surface area (Å²) in [6.45, 7) is 20.3. The van der Waals surface area contributed by atoms with Gasteiger partial charge in [0.1, 0.15) is 6.04 Å². The van der Waals surface area contributed by atoms with Crippen molar-refractivity contribution in [2.75, 3.05) is 19.8 Å². The maximum atomic E-state index is 14.6. The summed E-state index contributed by atoms with van der Waals surface area (Å²) in [4.78, 5) is 45.5. The third-order valence-corrected chi connectivity index (χ3v) is 11.3. The zero-order valence-electron chi connectivity index (χ0n) is 23.7. The molecule has 7 nitrogen and oxygen atoms in total. The maximum absolute atomic E-state index is 14.6. The van der Waals surface area contributed by atoms with Gasteiger partial charge in [-0.05, 0) is 51.9 Å². The molecule has 9 heteroatoms. The van der Waals surface area contributed by atoms with Gasteiger partial charge in [-0.2, -0.15) is 0 Å². The van der Waals surface area contributed by atoms with Crippen LogP contribution in [0.4, 0.5) is 0 Å². The van der Waals surface area contributed by atoms with Gasteiger partial charge in [0.15, 0.2) is 0 Å². The first-order valence-electron chi connectivity index (χ1n) is 13.6. The molecule has 7 atom stereocenters. The van der Waals surface area contributed by atoms with Crippen molar-refractivity contribution in [1.29, 1.82) is 0 Å². The van der Waals surface area contributed by atoms with Crippen molar-refractivity contribution < 1.29 is 24.2 Å². The zero-order chi connectivity index (χ0) is 28.6. The largest absolute Gasteiger partial charge is 0.465 e. The number of carbonyl (C=O) groups is 3. The SMILES string of the molecule is C=CCCCOC(=O)[C@H]1[C@H]2C(=O)N([C@H](C)CO)C(C(=O)N(CC=C)C(C)(C)CC(C)(C)C)C23CC(Br)[C@@H]1S3. The van der Waals surface area contributed by atoms with Gasteiger partial charge < -0.3 is 19.6 Å². The van der Waals surface area contributed by atoms with E-state index in [9.17, 15) is 19.5 Å². The van der Waals surface area contributed by atoms with Gasteiger partial charge in [0.2, 0.25) is 11.8 Å². The number of halogens is 1. The number of hydrogen-bond donors (Lipinski definition) is 1. The number of amides is 2. The van der Waals surface area contributed by atoms with Crippen LogP contribution in [0.3, 0.4) is 0 Å². The Kier molecular flexibility index (Phi) is 9.57.